The molecule has 0 bridgehead atoms. The first-order chi connectivity index (χ1) is 6.76. The van der Waals surface area contributed by atoms with Gasteiger partial charge in [-0.2, -0.15) is 0 Å². The molecule has 1 rings (SSSR count). The van der Waals surface area contributed by atoms with E-state index in [4.69, 9.17) is 0 Å². The van der Waals surface area contributed by atoms with Gasteiger partial charge in [-0.3, -0.25) is 4.79 Å². The van der Waals surface area contributed by atoms with Crippen LogP contribution >= 0.6 is 11.8 Å². The van der Waals surface area contributed by atoms with E-state index in [0.717, 1.165) is 5.92 Å². The van der Waals surface area contributed by atoms with Crippen LogP contribution in [0, 0.1) is 5.92 Å². The highest BCUT2D eigenvalue weighted by Gasteiger charge is 2.23. The number of thioether (sulfide) groups is 1. The molecular formula is C12H22OS. The molecule has 1 fully saturated rings. The van der Waals surface area contributed by atoms with E-state index in [1.165, 1.54) is 38.5 Å². The SMILES string of the molecule is CCCC1CCCC(SC(=O)CC)C1. The molecule has 0 aliphatic heterocycles. The van der Waals surface area contributed by atoms with Crippen molar-refractivity contribution in [2.75, 3.05) is 0 Å². The molecule has 0 heterocycles. The van der Waals surface area contributed by atoms with E-state index in [1.54, 1.807) is 11.8 Å². The third-order valence-electron chi connectivity index (χ3n) is 3.02. The molecule has 82 valence electrons. The summed E-state index contributed by atoms with van der Waals surface area (Å²) >= 11 is 1.61. The van der Waals surface area contributed by atoms with Crippen LogP contribution in [-0.2, 0) is 4.79 Å². The lowest BCUT2D eigenvalue weighted by Crippen LogP contribution is -2.18. The van der Waals surface area contributed by atoms with Crippen LogP contribution in [0.1, 0.15) is 58.8 Å². The Hall–Kier alpha value is 0.0200. The van der Waals surface area contributed by atoms with E-state index in [-0.39, 0.29) is 0 Å². The Kier molecular flexibility index (Phi) is 5.61. The van der Waals surface area contributed by atoms with Crippen molar-refractivity contribution in [2.45, 2.75) is 64.0 Å². The van der Waals surface area contributed by atoms with Crippen molar-refractivity contribution >= 4 is 16.9 Å². The zero-order chi connectivity index (χ0) is 10.4. The van der Waals surface area contributed by atoms with Gasteiger partial charge in [0.15, 0.2) is 5.12 Å². The second kappa shape index (κ2) is 6.49. The first kappa shape index (κ1) is 12.1. The third-order valence-corrected chi connectivity index (χ3v) is 4.33. The highest BCUT2D eigenvalue weighted by molar-refractivity contribution is 8.14. The summed E-state index contributed by atoms with van der Waals surface area (Å²) in [6, 6.07) is 0. The molecule has 1 aliphatic rings. The van der Waals surface area contributed by atoms with E-state index in [0.29, 0.717) is 16.8 Å². The number of rotatable bonds is 4. The molecule has 0 saturated heterocycles. The Morgan fingerprint density at radius 1 is 1.36 bits per heavy atom. The predicted octanol–water partition coefficient (Wildman–Crippen LogP) is 4.02. The van der Waals surface area contributed by atoms with Crippen LogP contribution in [0.2, 0.25) is 0 Å². The molecule has 0 radical (unpaired) electrons. The summed E-state index contributed by atoms with van der Waals surface area (Å²) in [7, 11) is 0. The van der Waals surface area contributed by atoms with Gasteiger partial charge in [0.1, 0.15) is 0 Å². The Bertz CT molecular complexity index is 177. The average Bonchev–Trinajstić information content (AvgIpc) is 2.19. The molecule has 0 aromatic carbocycles. The van der Waals surface area contributed by atoms with E-state index >= 15 is 0 Å². The normalized spacial score (nSPS) is 27.6. The molecule has 1 nitrogen and oxygen atoms in total. The van der Waals surface area contributed by atoms with Crippen LogP contribution in [0.25, 0.3) is 0 Å². The molecule has 2 atom stereocenters. The molecule has 0 spiro atoms. The summed E-state index contributed by atoms with van der Waals surface area (Å²) in [6.07, 6.45) is 8.62. The minimum absolute atomic E-state index is 0.382. The lowest BCUT2D eigenvalue weighted by atomic mass is 9.86. The smallest absolute Gasteiger partial charge is 0.188 e. The monoisotopic (exact) mass is 214 g/mol. The van der Waals surface area contributed by atoms with Gasteiger partial charge in [-0.15, -0.1) is 0 Å². The van der Waals surface area contributed by atoms with E-state index < -0.39 is 0 Å². The van der Waals surface area contributed by atoms with Gasteiger partial charge in [-0.05, 0) is 18.8 Å². The van der Waals surface area contributed by atoms with Gasteiger partial charge in [0, 0.05) is 11.7 Å². The fourth-order valence-corrected chi connectivity index (χ4v) is 3.48. The van der Waals surface area contributed by atoms with Gasteiger partial charge in [0.05, 0.1) is 0 Å². The van der Waals surface area contributed by atoms with Crippen LogP contribution < -0.4 is 0 Å². The molecule has 0 amide bonds. The highest BCUT2D eigenvalue weighted by Crippen LogP contribution is 2.34. The summed E-state index contributed by atoms with van der Waals surface area (Å²) < 4.78 is 0. The third kappa shape index (κ3) is 4.04. The lowest BCUT2D eigenvalue weighted by molar-refractivity contribution is -0.110. The summed E-state index contributed by atoms with van der Waals surface area (Å²) in [5.74, 6) is 0.899. The number of carbonyl (C=O) groups is 1. The quantitative estimate of drug-likeness (QED) is 0.703. The van der Waals surface area contributed by atoms with Gasteiger partial charge >= 0.3 is 0 Å². The van der Waals surface area contributed by atoms with Crippen molar-refractivity contribution in [3.8, 4) is 0 Å². The molecule has 1 aliphatic carbocycles. The van der Waals surface area contributed by atoms with Crippen molar-refractivity contribution in [2.24, 2.45) is 5.92 Å². The number of hydrogen-bond donors (Lipinski definition) is 0. The van der Waals surface area contributed by atoms with Crippen LogP contribution in [0.4, 0.5) is 0 Å². The minimum atomic E-state index is 0.382. The van der Waals surface area contributed by atoms with Crippen molar-refractivity contribution < 1.29 is 4.79 Å². The Balaban J connectivity index is 2.28. The standard InChI is InChI=1S/C12H22OS/c1-3-6-10-7-5-8-11(9-10)14-12(13)4-2/h10-11H,3-9H2,1-2H3. The number of carbonyl (C=O) groups excluding carboxylic acids is 1. The van der Waals surface area contributed by atoms with Crippen LogP contribution in [0.15, 0.2) is 0 Å². The minimum Gasteiger partial charge on any atom is -0.287 e. The largest absolute Gasteiger partial charge is 0.287 e. The summed E-state index contributed by atoms with van der Waals surface area (Å²) in [5.41, 5.74) is 0. The van der Waals surface area contributed by atoms with Crippen LogP contribution in [-0.4, -0.2) is 10.4 Å². The first-order valence-electron chi connectivity index (χ1n) is 5.95. The first-order valence-corrected chi connectivity index (χ1v) is 6.83. The summed E-state index contributed by atoms with van der Waals surface area (Å²) in [6.45, 7) is 4.22. The molecule has 14 heavy (non-hydrogen) atoms. The van der Waals surface area contributed by atoms with Crippen molar-refractivity contribution in [1.82, 2.24) is 0 Å². The summed E-state index contributed by atoms with van der Waals surface area (Å²) in [4.78, 5) is 11.3. The molecule has 0 N–H and O–H groups in total. The fourth-order valence-electron chi connectivity index (χ4n) is 2.29. The molecular weight excluding hydrogens is 192 g/mol. The van der Waals surface area contributed by atoms with Crippen LogP contribution in [0.5, 0.6) is 0 Å². The second-order valence-corrected chi connectivity index (χ2v) is 5.64. The van der Waals surface area contributed by atoms with E-state index in [9.17, 15) is 4.79 Å². The maximum atomic E-state index is 11.3. The van der Waals surface area contributed by atoms with E-state index in [1.807, 2.05) is 6.92 Å². The number of hydrogen-bond acceptors (Lipinski definition) is 2. The summed E-state index contributed by atoms with van der Waals surface area (Å²) in [5, 5.41) is 1.01. The average molecular weight is 214 g/mol. The van der Waals surface area contributed by atoms with Gasteiger partial charge in [-0.25, -0.2) is 0 Å². The van der Waals surface area contributed by atoms with Crippen molar-refractivity contribution in [3.63, 3.8) is 0 Å². The van der Waals surface area contributed by atoms with Gasteiger partial charge in [-0.1, -0.05) is 51.3 Å². The van der Waals surface area contributed by atoms with E-state index in [2.05, 4.69) is 6.92 Å². The molecule has 1 saturated carbocycles. The Morgan fingerprint density at radius 3 is 2.79 bits per heavy atom. The van der Waals surface area contributed by atoms with Gasteiger partial charge in [0.25, 0.3) is 0 Å². The topological polar surface area (TPSA) is 17.1 Å². The molecule has 2 heteroatoms. The second-order valence-electron chi connectivity index (χ2n) is 4.29. The maximum absolute atomic E-state index is 11.3. The van der Waals surface area contributed by atoms with Gasteiger partial charge in [0.2, 0.25) is 0 Å². The van der Waals surface area contributed by atoms with Crippen molar-refractivity contribution in [1.29, 1.82) is 0 Å². The lowest BCUT2D eigenvalue weighted by Gasteiger charge is -2.27. The molecule has 0 aromatic rings. The predicted molar refractivity (Wildman–Crippen MR) is 63.5 cm³/mol. The Morgan fingerprint density at radius 2 is 2.14 bits per heavy atom. The fraction of sp³-hybridized carbons (Fsp3) is 0.917. The maximum Gasteiger partial charge on any atom is 0.188 e. The Labute approximate surface area is 92.0 Å². The highest BCUT2D eigenvalue weighted by atomic mass is 32.2. The van der Waals surface area contributed by atoms with Gasteiger partial charge < -0.3 is 0 Å². The zero-order valence-corrected chi connectivity index (χ0v) is 10.2. The van der Waals surface area contributed by atoms with Crippen molar-refractivity contribution in [3.05, 3.63) is 0 Å². The molecule has 2 unspecified atom stereocenters. The molecule has 0 aromatic heterocycles. The zero-order valence-electron chi connectivity index (χ0n) is 9.42. The van der Waals surface area contributed by atoms with Crippen LogP contribution in [0.3, 0.4) is 0 Å².